The largest absolute Gasteiger partial charge is 0.324 e. The number of nitrogens with one attached hydrogen (secondary N) is 2. The Morgan fingerprint density at radius 2 is 2.00 bits per heavy atom. The normalized spacial score (nSPS) is 16.2. The van der Waals surface area contributed by atoms with Crippen LogP contribution in [-0.2, 0) is 18.4 Å². The number of rotatable bonds is 4. The Bertz CT molecular complexity index is 1420. The average Bonchev–Trinajstić information content (AvgIpc) is 3.42. The third kappa shape index (κ3) is 3.67. The fourth-order valence-electron chi connectivity index (χ4n) is 4.45. The third-order valence-corrected chi connectivity index (χ3v) is 7.89. The van der Waals surface area contributed by atoms with Gasteiger partial charge in [0, 0.05) is 23.3 Å². The summed E-state index contributed by atoms with van der Waals surface area (Å²) in [5.41, 5.74) is 4.35. The summed E-state index contributed by atoms with van der Waals surface area (Å²) in [4.78, 5) is 23.9. The zero-order valence-electron chi connectivity index (χ0n) is 19.2. The maximum absolute atomic E-state index is 13.3. The smallest absolute Gasteiger partial charge is 0.278 e. The third-order valence-electron chi connectivity index (χ3n) is 6.40. The fourth-order valence-corrected chi connectivity index (χ4v) is 5.52. The van der Waals surface area contributed by atoms with Crippen molar-refractivity contribution >= 4 is 34.0 Å². The molecule has 6 rings (SSSR count). The Balaban J connectivity index is 1.44. The zero-order chi connectivity index (χ0) is 22.7. The first-order valence-corrected chi connectivity index (χ1v) is 12.4. The molecule has 1 saturated carbocycles. The van der Waals surface area contributed by atoms with E-state index in [0.29, 0.717) is 17.0 Å². The van der Waals surface area contributed by atoms with Gasteiger partial charge in [-0.15, -0.1) is 11.3 Å². The summed E-state index contributed by atoms with van der Waals surface area (Å²) in [5, 5.41) is 8.36. The quantitative estimate of drug-likeness (QED) is 0.463. The van der Waals surface area contributed by atoms with Gasteiger partial charge in [0.25, 0.3) is 5.56 Å². The Kier molecular flexibility index (Phi) is 4.71. The minimum Gasteiger partial charge on any atom is -0.324 e. The first-order chi connectivity index (χ1) is 15.9. The van der Waals surface area contributed by atoms with Crippen LogP contribution in [0.4, 0.5) is 11.6 Å². The van der Waals surface area contributed by atoms with Gasteiger partial charge in [0.05, 0.1) is 6.04 Å². The predicted octanol–water partition coefficient (Wildman–Crippen LogP) is 4.67. The molecule has 1 aliphatic carbocycles. The summed E-state index contributed by atoms with van der Waals surface area (Å²) in [6, 6.07) is 10.9. The van der Waals surface area contributed by atoms with E-state index in [1.165, 1.54) is 16.0 Å². The number of nitrogens with zero attached hydrogens (tertiary/aromatic N) is 4. The Morgan fingerprint density at radius 3 is 2.76 bits per heavy atom. The molecule has 2 aliphatic rings. The first kappa shape index (κ1) is 20.6. The fraction of sp³-hybridized carbons (Fsp3) is 0.400. The van der Waals surface area contributed by atoms with Crippen LogP contribution in [0.3, 0.4) is 0 Å². The number of anilines is 2. The molecule has 7 nitrogen and oxygen atoms in total. The second-order valence-corrected chi connectivity index (χ2v) is 11.1. The van der Waals surface area contributed by atoms with Crippen molar-refractivity contribution in [1.82, 2.24) is 24.6 Å². The molecule has 170 valence electrons. The molecule has 0 radical (unpaired) electrons. The molecule has 0 saturated heterocycles. The van der Waals surface area contributed by atoms with Gasteiger partial charge in [-0.1, -0.05) is 26.8 Å². The van der Waals surface area contributed by atoms with Gasteiger partial charge < -0.3 is 10.6 Å². The second-order valence-electron chi connectivity index (χ2n) is 10.0. The summed E-state index contributed by atoms with van der Waals surface area (Å²) in [6.07, 6.45) is 4.77. The minimum atomic E-state index is -0.00962. The Labute approximate surface area is 196 Å². The van der Waals surface area contributed by atoms with E-state index in [4.69, 9.17) is 4.98 Å². The van der Waals surface area contributed by atoms with E-state index in [1.807, 2.05) is 9.36 Å². The molecule has 0 bridgehead atoms. The van der Waals surface area contributed by atoms with Crippen LogP contribution in [0.25, 0.3) is 16.0 Å². The number of aromatic nitrogens is 4. The zero-order valence-corrected chi connectivity index (χ0v) is 20.0. The highest BCUT2D eigenvalue weighted by molar-refractivity contribution is 7.14. The van der Waals surface area contributed by atoms with Gasteiger partial charge >= 0.3 is 0 Å². The predicted molar refractivity (Wildman–Crippen MR) is 133 cm³/mol. The monoisotopic (exact) mass is 460 g/mol. The van der Waals surface area contributed by atoms with Gasteiger partial charge in [0.2, 0.25) is 5.95 Å². The van der Waals surface area contributed by atoms with Gasteiger partial charge in [-0.05, 0) is 66.6 Å². The van der Waals surface area contributed by atoms with Crippen molar-refractivity contribution in [2.24, 2.45) is 0 Å². The van der Waals surface area contributed by atoms with Crippen LogP contribution in [-0.4, -0.2) is 25.9 Å². The summed E-state index contributed by atoms with van der Waals surface area (Å²) >= 11 is 1.72. The van der Waals surface area contributed by atoms with E-state index < -0.39 is 0 Å². The molecular weight excluding hydrogens is 432 g/mol. The van der Waals surface area contributed by atoms with Gasteiger partial charge in [0.15, 0.2) is 5.65 Å². The molecule has 1 aliphatic heterocycles. The van der Waals surface area contributed by atoms with Gasteiger partial charge in [-0.25, -0.2) is 14.3 Å². The van der Waals surface area contributed by atoms with Crippen molar-refractivity contribution < 1.29 is 0 Å². The van der Waals surface area contributed by atoms with E-state index in [1.54, 1.807) is 17.5 Å². The molecule has 3 aromatic heterocycles. The van der Waals surface area contributed by atoms with Crippen molar-refractivity contribution in [3.8, 4) is 5.00 Å². The molecule has 0 amide bonds. The van der Waals surface area contributed by atoms with Crippen LogP contribution >= 0.6 is 11.3 Å². The van der Waals surface area contributed by atoms with E-state index in [-0.39, 0.29) is 17.0 Å². The van der Waals surface area contributed by atoms with Gasteiger partial charge in [-0.3, -0.25) is 4.79 Å². The van der Waals surface area contributed by atoms with Crippen LogP contribution in [0.15, 0.2) is 41.3 Å². The van der Waals surface area contributed by atoms with Crippen LogP contribution < -0.4 is 16.2 Å². The van der Waals surface area contributed by atoms with E-state index in [9.17, 15) is 4.79 Å². The molecule has 4 aromatic rings. The standard InChI is InChI=1S/C25H28N6OS/c1-25(2,3)20-8-9-21(33-20)31-22-19(23(32)30(31)18-6-7-18)14-27-24(29-22)28-17-5-4-15-10-11-26-13-16(15)12-17/h4-5,8-9,12,14,18,26H,6-7,10-11,13H2,1-3H3,(H,27,28,29). The average molecular weight is 461 g/mol. The van der Waals surface area contributed by atoms with Gasteiger partial charge in [0.1, 0.15) is 10.4 Å². The van der Waals surface area contributed by atoms with Crippen molar-refractivity contribution in [2.75, 3.05) is 11.9 Å². The van der Waals surface area contributed by atoms with Crippen molar-refractivity contribution in [3.05, 3.63) is 62.9 Å². The van der Waals surface area contributed by atoms with E-state index >= 15 is 0 Å². The molecule has 2 N–H and O–H groups in total. The van der Waals surface area contributed by atoms with E-state index in [2.05, 4.69) is 66.7 Å². The molecule has 4 heterocycles. The highest BCUT2D eigenvalue weighted by Crippen LogP contribution is 2.38. The van der Waals surface area contributed by atoms with Crippen LogP contribution in [0.5, 0.6) is 0 Å². The molecule has 8 heteroatoms. The van der Waals surface area contributed by atoms with Crippen molar-refractivity contribution in [1.29, 1.82) is 0 Å². The first-order valence-electron chi connectivity index (χ1n) is 11.6. The lowest BCUT2D eigenvalue weighted by molar-refractivity contribution is 0.564. The Morgan fingerprint density at radius 1 is 1.15 bits per heavy atom. The van der Waals surface area contributed by atoms with Crippen molar-refractivity contribution in [3.63, 3.8) is 0 Å². The highest BCUT2D eigenvalue weighted by atomic mass is 32.1. The number of hydrogen-bond acceptors (Lipinski definition) is 6. The number of hydrogen-bond donors (Lipinski definition) is 2. The summed E-state index contributed by atoms with van der Waals surface area (Å²) < 4.78 is 3.89. The maximum atomic E-state index is 13.3. The molecule has 33 heavy (non-hydrogen) atoms. The molecule has 1 aromatic carbocycles. The van der Waals surface area contributed by atoms with Crippen LogP contribution in [0, 0.1) is 0 Å². The van der Waals surface area contributed by atoms with E-state index in [0.717, 1.165) is 43.0 Å². The molecule has 0 spiro atoms. The molecular formula is C25H28N6OS. The lowest BCUT2D eigenvalue weighted by atomic mass is 9.95. The highest BCUT2D eigenvalue weighted by Gasteiger charge is 2.31. The maximum Gasteiger partial charge on any atom is 0.278 e. The lowest BCUT2D eigenvalue weighted by Crippen LogP contribution is -2.23. The number of benzene rings is 1. The van der Waals surface area contributed by atoms with Crippen LogP contribution in [0.1, 0.15) is 55.7 Å². The lowest BCUT2D eigenvalue weighted by Gasteiger charge is -2.18. The molecule has 0 unspecified atom stereocenters. The van der Waals surface area contributed by atoms with Crippen LogP contribution in [0.2, 0.25) is 0 Å². The summed E-state index contributed by atoms with van der Waals surface area (Å²) in [7, 11) is 0. The number of thiophene rings is 1. The Hall–Kier alpha value is -2.97. The molecule has 1 fully saturated rings. The number of fused-ring (bicyclic) bond motifs is 2. The van der Waals surface area contributed by atoms with Gasteiger partial charge in [-0.2, -0.15) is 4.98 Å². The minimum absolute atomic E-state index is 0.00962. The molecule has 0 atom stereocenters. The summed E-state index contributed by atoms with van der Waals surface area (Å²) in [5.74, 6) is 0.500. The SMILES string of the molecule is CC(C)(C)c1ccc(-n2c3nc(Nc4ccc5c(c4)CNCC5)ncc3c(=O)n2C2CC2)s1. The van der Waals surface area contributed by atoms with Crippen molar-refractivity contribution in [2.45, 2.75) is 58.0 Å². The topological polar surface area (TPSA) is 76.8 Å². The second kappa shape index (κ2) is 7.53. The summed E-state index contributed by atoms with van der Waals surface area (Å²) in [6.45, 7) is 8.53.